The molecule has 318 valence electrons. The SMILES string of the molecule is CCCCCCCCCCCCCC(=O)OC[C@H]1O[C@H](OC2(O)CC[C@@]3(C)C(=CCC4C3CC[C@@]3(C)C4CC[C@@H]3[C@H](C)CCCC(C)C)C2)[C@@H](O)[C@@H](O)[C@H]1O. The highest BCUT2D eigenvalue weighted by Gasteiger charge is 2.60. The second-order valence-corrected chi connectivity index (χ2v) is 20.0. The van der Waals surface area contributed by atoms with Crippen LogP contribution in [0.1, 0.15) is 189 Å². The van der Waals surface area contributed by atoms with Crippen LogP contribution in [-0.2, 0) is 19.0 Å². The van der Waals surface area contributed by atoms with E-state index in [1.54, 1.807) is 0 Å². The van der Waals surface area contributed by atoms with Gasteiger partial charge in [-0.3, -0.25) is 4.79 Å². The number of esters is 1. The summed E-state index contributed by atoms with van der Waals surface area (Å²) in [6.45, 7) is 14.2. The molecule has 0 aromatic rings. The van der Waals surface area contributed by atoms with Crippen molar-refractivity contribution in [2.24, 2.45) is 46.3 Å². The molecule has 4 fully saturated rings. The Morgan fingerprint density at radius 1 is 0.818 bits per heavy atom. The number of rotatable bonds is 21. The third-order valence-electron chi connectivity index (χ3n) is 15.7. The van der Waals surface area contributed by atoms with E-state index in [-0.39, 0.29) is 18.0 Å². The van der Waals surface area contributed by atoms with Crippen LogP contribution >= 0.6 is 0 Å². The number of aliphatic hydroxyl groups excluding tert-OH is 3. The van der Waals surface area contributed by atoms with E-state index in [1.807, 2.05) is 0 Å². The zero-order chi connectivity index (χ0) is 39.8. The summed E-state index contributed by atoms with van der Waals surface area (Å²) in [4.78, 5) is 12.5. The molecule has 0 radical (unpaired) electrons. The molecule has 4 unspecified atom stereocenters. The summed E-state index contributed by atoms with van der Waals surface area (Å²) in [5.41, 5.74) is 1.64. The van der Waals surface area contributed by atoms with Crippen molar-refractivity contribution in [1.29, 1.82) is 0 Å². The Hall–Kier alpha value is -1.03. The van der Waals surface area contributed by atoms with Crippen molar-refractivity contribution >= 4 is 5.97 Å². The maximum Gasteiger partial charge on any atom is 0.305 e. The average Bonchev–Trinajstić information content (AvgIpc) is 3.51. The maximum atomic E-state index is 12.5. The fourth-order valence-electron chi connectivity index (χ4n) is 12.3. The summed E-state index contributed by atoms with van der Waals surface area (Å²) in [7, 11) is 0. The molecule has 0 bridgehead atoms. The minimum Gasteiger partial charge on any atom is -0.463 e. The lowest BCUT2D eigenvalue weighted by atomic mass is 9.46. The Kier molecular flexibility index (Phi) is 16.6. The largest absolute Gasteiger partial charge is 0.463 e. The zero-order valence-electron chi connectivity index (χ0n) is 35.8. The second-order valence-electron chi connectivity index (χ2n) is 20.0. The van der Waals surface area contributed by atoms with Gasteiger partial charge in [-0.1, -0.05) is 137 Å². The minimum atomic E-state index is -1.57. The Bertz CT molecular complexity index is 1220. The van der Waals surface area contributed by atoms with Gasteiger partial charge in [-0.05, 0) is 91.3 Å². The van der Waals surface area contributed by atoms with Gasteiger partial charge in [-0.15, -0.1) is 0 Å². The van der Waals surface area contributed by atoms with Crippen LogP contribution in [0.4, 0.5) is 0 Å². The Morgan fingerprint density at radius 2 is 1.49 bits per heavy atom. The fourth-order valence-corrected chi connectivity index (χ4v) is 12.3. The Morgan fingerprint density at radius 3 is 2.16 bits per heavy atom. The molecule has 55 heavy (non-hydrogen) atoms. The van der Waals surface area contributed by atoms with Crippen molar-refractivity contribution in [3.63, 3.8) is 0 Å². The number of hydrogen-bond donors (Lipinski definition) is 4. The molecule has 8 nitrogen and oxygen atoms in total. The normalized spacial score (nSPS) is 39.3. The number of hydrogen-bond acceptors (Lipinski definition) is 8. The number of aliphatic hydroxyl groups is 4. The van der Waals surface area contributed by atoms with Crippen LogP contribution < -0.4 is 0 Å². The van der Waals surface area contributed by atoms with E-state index in [1.165, 1.54) is 102 Å². The van der Waals surface area contributed by atoms with Crippen molar-refractivity contribution in [3.8, 4) is 0 Å². The monoisotopic (exact) mass is 775 g/mol. The number of allylic oxidation sites excluding steroid dienone is 1. The van der Waals surface area contributed by atoms with Gasteiger partial charge in [0.1, 0.15) is 31.0 Å². The molecular weight excluding hydrogens is 693 g/mol. The standard InChI is InChI=1S/C47H82O8/c1-7-8-9-10-11-12-13-14-15-16-17-21-40(48)53-31-39-41(49)42(50)43(51)44(54-39)55-47(52)29-28-45(5)34(30-47)22-23-35-37-25-24-36(33(4)20-18-19-32(2)3)46(37,6)27-26-38(35)45/h22,32-33,35-39,41-44,49-52H,7-21,23-31H2,1-6H3/t33-,35?,36-,37?,38?,39-,41+,42+,43+,44-,45+,46-,47?/m1/s1. The molecular formula is C47H82O8. The highest BCUT2D eigenvalue weighted by atomic mass is 16.8. The molecule has 5 aliphatic rings. The van der Waals surface area contributed by atoms with Crippen molar-refractivity contribution in [3.05, 3.63) is 11.6 Å². The molecule has 1 heterocycles. The van der Waals surface area contributed by atoms with Crippen molar-refractivity contribution < 1.29 is 39.4 Å². The van der Waals surface area contributed by atoms with Gasteiger partial charge in [-0.2, -0.15) is 0 Å². The third-order valence-corrected chi connectivity index (χ3v) is 15.7. The van der Waals surface area contributed by atoms with E-state index in [4.69, 9.17) is 14.2 Å². The molecule has 5 rings (SSSR count). The topological polar surface area (TPSA) is 126 Å². The molecule has 8 heteroatoms. The van der Waals surface area contributed by atoms with Gasteiger partial charge in [0.2, 0.25) is 0 Å². The summed E-state index contributed by atoms with van der Waals surface area (Å²) in [6.07, 6.45) is 20.6. The first-order chi connectivity index (χ1) is 26.2. The van der Waals surface area contributed by atoms with E-state index >= 15 is 0 Å². The number of carbonyl (C=O) groups excluding carboxylic acids is 1. The van der Waals surface area contributed by atoms with Crippen molar-refractivity contribution in [2.45, 2.75) is 226 Å². The molecule has 4 aliphatic carbocycles. The molecule has 0 aromatic carbocycles. The van der Waals surface area contributed by atoms with Crippen molar-refractivity contribution in [1.82, 2.24) is 0 Å². The number of unbranched alkanes of at least 4 members (excludes halogenated alkanes) is 10. The number of fused-ring (bicyclic) bond motifs is 5. The van der Waals surface area contributed by atoms with E-state index in [0.717, 1.165) is 55.8 Å². The third kappa shape index (κ3) is 11.0. The lowest BCUT2D eigenvalue weighted by Gasteiger charge is -2.59. The van der Waals surface area contributed by atoms with Crippen LogP contribution in [0, 0.1) is 46.3 Å². The summed E-state index contributed by atoms with van der Waals surface area (Å²) < 4.78 is 17.6. The zero-order valence-corrected chi connectivity index (χ0v) is 35.8. The molecule has 13 atom stereocenters. The quantitative estimate of drug-likeness (QED) is 0.0393. The predicted octanol–water partition coefficient (Wildman–Crippen LogP) is 9.78. The minimum absolute atomic E-state index is 0.00677. The average molecular weight is 775 g/mol. The van der Waals surface area contributed by atoms with Crippen LogP contribution in [0.3, 0.4) is 0 Å². The fraction of sp³-hybridized carbons (Fsp3) is 0.936. The first-order valence-electron chi connectivity index (χ1n) is 23.2. The maximum absolute atomic E-state index is 12.5. The van der Waals surface area contributed by atoms with Crippen LogP contribution in [0.5, 0.6) is 0 Å². The molecule has 3 saturated carbocycles. The molecule has 1 aliphatic heterocycles. The first-order valence-corrected chi connectivity index (χ1v) is 23.2. The summed E-state index contributed by atoms with van der Waals surface area (Å²) in [5, 5.41) is 44.3. The van der Waals surface area contributed by atoms with Crippen LogP contribution in [-0.4, -0.2) is 69.5 Å². The highest BCUT2D eigenvalue weighted by Crippen LogP contribution is 2.68. The number of ether oxygens (including phenoxy) is 3. The van der Waals surface area contributed by atoms with Crippen LogP contribution in [0.25, 0.3) is 0 Å². The van der Waals surface area contributed by atoms with Gasteiger partial charge in [0.15, 0.2) is 12.1 Å². The molecule has 0 spiro atoms. The second kappa shape index (κ2) is 20.3. The Balaban J connectivity index is 1.09. The summed E-state index contributed by atoms with van der Waals surface area (Å²) >= 11 is 0. The van der Waals surface area contributed by atoms with E-state index in [2.05, 4.69) is 47.6 Å². The van der Waals surface area contributed by atoms with E-state index in [9.17, 15) is 25.2 Å². The van der Waals surface area contributed by atoms with Gasteiger partial charge in [0.05, 0.1) is 0 Å². The van der Waals surface area contributed by atoms with Crippen molar-refractivity contribution in [2.75, 3.05) is 6.61 Å². The molecule has 4 N–H and O–H groups in total. The van der Waals surface area contributed by atoms with E-state index < -0.39 is 36.5 Å². The van der Waals surface area contributed by atoms with Crippen LogP contribution in [0.15, 0.2) is 11.6 Å². The molecule has 0 amide bonds. The van der Waals surface area contributed by atoms with Gasteiger partial charge < -0.3 is 34.6 Å². The van der Waals surface area contributed by atoms with Gasteiger partial charge in [-0.25, -0.2) is 0 Å². The Labute approximate surface area is 334 Å². The summed E-state index contributed by atoms with van der Waals surface area (Å²) in [5.74, 6) is 2.43. The predicted molar refractivity (Wildman–Crippen MR) is 218 cm³/mol. The van der Waals surface area contributed by atoms with E-state index in [0.29, 0.717) is 36.5 Å². The smallest absolute Gasteiger partial charge is 0.305 e. The number of carbonyl (C=O) groups is 1. The van der Waals surface area contributed by atoms with Gasteiger partial charge >= 0.3 is 5.97 Å². The molecule has 1 saturated heterocycles. The van der Waals surface area contributed by atoms with Gasteiger partial charge in [0.25, 0.3) is 0 Å². The lowest BCUT2D eigenvalue weighted by Crippen LogP contribution is -2.61. The van der Waals surface area contributed by atoms with Gasteiger partial charge in [0, 0.05) is 19.3 Å². The first kappa shape index (κ1) is 45.1. The highest BCUT2D eigenvalue weighted by molar-refractivity contribution is 5.69. The lowest BCUT2D eigenvalue weighted by molar-refractivity contribution is -0.367. The van der Waals surface area contributed by atoms with Crippen LogP contribution in [0.2, 0.25) is 0 Å². The molecule has 0 aromatic heterocycles. The summed E-state index contributed by atoms with van der Waals surface area (Å²) in [6, 6.07) is 0.